The molecule has 27 heavy (non-hydrogen) atoms. The first-order valence-corrected chi connectivity index (χ1v) is 9.80. The first kappa shape index (κ1) is 19.3. The van der Waals surface area contributed by atoms with Crippen LogP contribution in [0.5, 0.6) is 0 Å². The summed E-state index contributed by atoms with van der Waals surface area (Å²) >= 11 is 6.61. The standard InChI is InChI=1S/C21H20N2O2S2/c1-13-8-4-6-10-16(13)12-18-20(25)23(21(26)27-18)15(3)19(24)22-17-11-7-5-9-14(17)2/h4-12,15H,1-3H3,(H,22,24)/b18-12-. The van der Waals surface area contributed by atoms with Crippen molar-refractivity contribution in [2.24, 2.45) is 0 Å². The number of rotatable bonds is 4. The lowest BCUT2D eigenvalue weighted by Crippen LogP contribution is -2.44. The number of benzene rings is 2. The van der Waals surface area contributed by atoms with Crippen LogP contribution in [0.25, 0.3) is 6.08 Å². The van der Waals surface area contributed by atoms with E-state index in [0.29, 0.717) is 9.23 Å². The third-order valence-electron chi connectivity index (χ3n) is 4.47. The van der Waals surface area contributed by atoms with Crippen molar-refractivity contribution in [2.45, 2.75) is 26.8 Å². The summed E-state index contributed by atoms with van der Waals surface area (Å²) in [4.78, 5) is 27.5. The number of anilines is 1. The molecule has 0 spiro atoms. The highest BCUT2D eigenvalue weighted by Crippen LogP contribution is 2.34. The number of para-hydroxylation sites is 1. The SMILES string of the molecule is Cc1ccccc1/C=C1\SC(=S)N(C(C)C(=O)Nc2ccccc2C)C1=O. The lowest BCUT2D eigenvalue weighted by Gasteiger charge is -2.22. The van der Waals surface area contributed by atoms with Crippen LogP contribution >= 0.6 is 24.0 Å². The number of carbonyl (C=O) groups excluding carboxylic acids is 2. The predicted molar refractivity (Wildman–Crippen MR) is 115 cm³/mol. The average molecular weight is 397 g/mol. The quantitative estimate of drug-likeness (QED) is 0.609. The molecule has 0 saturated carbocycles. The van der Waals surface area contributed by atoms with Crippen LogP contribution in [0.15, 0.2) is 53.4 Å². The van der Waals surface area contributed by atoms with Crippen LogP contribution in [-0.2, 0) is 9.59 Å². The lowest BCUT2D eigenvalue weighted by molar-refractivity contribution is -0.129. The molecule has 1 heterocycles. The summed E-state index contributed by atoms with van der Waals surface area (Å²) in [6, 6.07) is 14.7. The largest absolute Gasteiger partial charge is 0.324 e. The molecule has 2 aromatic carbocycles. The van der Waals surface area contributed by atoms with Crippen molar-refractivity contribution >= 4 is 51.9 Å². The Morgan fingerprint density at radius 1 is 1.11 bits per heavy atom. The smallest absolute Gasteiger partial charge is 0.266 e. The second-order valence-corrected chi connectivity index (χ2v) is 8.06. The number of amides is 2. The van der Waals surface area contributed by atoms with Crippen LogP contribution < -0.4 is 5.32 Å². The Kier molecular flexibility index (Phi) is 5.77. The van der Waals surface area contributed by atoms with E-state index < -0.39 is 6.04 Å². The maximum Gasteiger partial charge on any atom is 0.266 e. The first-order chi connectivity index (χ1) is 12.9. The van der Waals surface area contributed by atoms with E-state index in [1.165, 1.54) is 16.7 Å². The van der Waals surface area contributed by atoms with Gasteiger partial charge in [0, 0.05) is 5.69 Å². The van der Waals surface area contributed by atoms with Crippen molar-refractivity contribution in [1.29, 1.82) is 0 Å². The molecule has 0 aromatic heterocycles. The summed E-state index contributed by atoms with van der Waals surface area (Å²) in [5, 5.41) is 2.88. The number of aryl methyl sites for hydroxylation is 2. The Morgan fingerprint density at radius 2 is 1.74 bits per heavy atom. The van der Waals surface area contributed by atoms with Crippen LogP contribution in [0.1, 0.15) is 23.6 Å². The van der Waals surface area contributed by atoms with Crippen LogP contribution in [0, 0.1) is 13.8 Å². The van der Waals surface area contributed by atoms with Gasteiger partial charge in [-0.15, -0.1) is 0 Å². The molecule has 1 aliphatic rings. The Balaban J connectivity index is 1.79. The lowest BCUT2D eigenvalue weighted by atomic mass is 10.1. The molecule has 1 unspecified atom stereocenters. The monoisotopic (exact) mass is 396 g/mol. The normalized spacial score (nSPS) is 16.7. The highest BCUT2D eigenvalue weighted by Gasteiger charge is 2.38. The third-order valence-corrected chi connectivity index (χ3v) is 5.80. The van der Waals surface area contributed by atoms with Crippen LogP contribution in [0.2, 0.25) is 0 Å². The Labute approximate surface area is 168 Å². The maximum atomic E-state index is 12.9. The van der Waals surface area contributed by atoms with Crippen molar-refractivity contribution < 1.29 is 9.59 Å². The molecule has 1 saturated heterocycles. The van der Waals surface area contributed by atoms with Crippen molar-refractivity contribution in [3.05, 3.63) is 70.1 Å². The maximum absolute atomic E-state index is 12.9. The van der Waals surface area contributed by atoms with Gasteiger partial charge in [-0.1, -0.05) is 66.4 Å². The molecule has 2 aromatic rings. The predicted octanol–water partition coefficient (Wildman–Crippen LogP) is 4.53. The van der Waals surface area contributed by atoms with E-state index in [1.54, 1.807) is 6.92 Å². The van der Waals surface area contributed by atoms with Gasteiger partial charge in [0.2, 0.25) is 5.91 Å². The molecule has 0 radical (unpaired) electrons. The number of carbonyl (C=O) groups is 2. The second-order valence-electron chi connectivity index (χ2n) is 6.39. The van der Waals surface area contributed by atoms with E-state index >= 15 is 0 Å². The molecule has 0 bridgehead atoms. The zero-order chi connectivity index (χ0) is 19.6. The topological polar surface area (TPSA) is 49.4 Å². The minimum Gasteiger partial charge on any atom is -0.324 e. The van der Waals surface area contributed by atoms with E-state index in [9.17, 15) is 9.59 Å². The highest BCUT2D eigenvalue weighted by molar-refractivity contribution is 8.26. The number of thiocarbonyl (C=S) groups is 1. The van der Waals surface area contributed by atoms with E-state index in [1.807, 2.05) is 68.5 Å². The Morgan fingerprint density at radius 3 is 2.41 bits per heavy atom. The van der Waals surface area contributed by atoms with Crippen LogP contribution in [0.3, 0.4) is 0 Å². The molecular formula is C21H20N2O2S2. The second kappa shape index (κ2) is 8.06. The minimum atomic E-state index is -0.695. The number of nitrogens with zero attached hydrogens (tertiary/aromatic N) is 1. The highest BCUT2D eigenvalue weighted by atomic mass is 32.2. The van der Waals surface area contributed by atoms with Gasteiger partial charge in [-0.25, -0.2) is 0 Å². The van der Waals surface area contributed by atoms with E-state index in [2.05, 4.69) is 5.32 Å². The molecule has 138 valence electrons. The molecule has 4 nitrogen and oxygen atoms in total. The fourth-order valence-electron chi connectivity index (χ4n) is 2.77. The summed E-state index contributed by atoms with van der Waals surface area (Å²) in [7, 11) is 0. The number of nitrogens with one attached hydrogen (secondary N) is 1. The molecule has 6 heteroatoms. The summed E-state index contributed by atoms with van der Waals surface area (Å²) in [5.41, 5.74) is 3.74. The molecular weight excluding hydrogens is 376 g/mol. The van der Waals surface area contributed by atoms with Gasteiger partial charge in [0.05, 0.1) is 4.91 Å². The Hall–Kier alpha value is -2.44. The molecule has 2 amide bonds. The number of hydrogen-bond donors (Lipinski definition) is 1. The molecule has 1 aliphatic heterocycles. The van der Waals surface area contributed by atoms with Gasteiger partial charge < -0.3 is 5.32 Å². The van der Waals surface area contributed by atoms with E-state index in [0.717, 1.165) is 22.4 Å². The van der Waals surface area contributed by atoms with Gasteiger partial charge in [-0.2, -0.15) is 0 Å². The summed E-state index contributed by atoms with van der Waals surface area (Å²) in [5.74, 6) is -0.501. The van der Waals surface area contributed by atoms with E-state index in [-0.39, 0.29) is 11.8 Å². The Bertz CT molecular complexity index is 953. The minimum absolute atomic E-state index is 0.235. The first-order valence-electron chi connectivity index (χ1n) is 8.57. The van der Waals surface area contributed by atoms with Crippen LogP contribution in [0.4, 0.5) is 5.69 Å². The molecule has 1 fully saturated rings. The van der Waals surface area contributed by atoms with Gasteiger partial charge in [-0.3, -0.25) is 14.5 Å². The summed E-state index contributed by atoms with van der Waals surface area (Å²) in [6.07, 6.45) is 1.83. The van der Waals surface area contributed by atoms with Crippen molar-refractivity contribution in [1.82, 2.24) is 4.90 Å². The zero-order valence-corrected chi connectivity index (χ0v) is 17.0. The van der Waals surface area contributed by atoms with Crippen LogP contribution in [-0.4, -0.2) is 27.1 Å². The summed E-state index contributed by atoms with van der Waals surface area (Å²) in [6.45, 7) is 5.60. The van der Waals surface area contributed by atoms with Gasteiger partial charge in [0.1, 0.15) is 10.4 Å². The molecule has 3 rings (SSSR count). The summed E-state index contributed by atoms with van der Waals surface area (Å²) < 4.78 is 0.396. The number of hydrogen-bond acceptors (Lipinski definition) is 4. The zero-order valence-electron chi connectivity index (χ0n) is 15.4. The third kappa shape index (κ3) is 4.12. The molecule has 1 atom stereocenters. The van der Waals surface area contributed by atoms with Gasteiger partial charge in [0.25, 0.3) is 5.91 Å². The van der Waals surface area contributed by atoms with Gasteiger partial charge in [0.15, 0.2) is 0 Å². The number of thioether (sulfide) groups is 1. The average Bonchev–Trinajstić information content (AvgIpc) is 2.91. The molecule has 0 aliphatic carbocycles. The van der Waals surface area contributed by atoms with Crippen molar-refractivity contribution in [2.75, 3.05) is 5.32 Å². The fourth-order valence-corrected chi connectivity index (χ4v) is 4.18. The fraction of sp³-hybridized carbons (Fsp3) is 0.190. The van der Waals surface area contributed by atoms with Gasteiger partial charge >= 0.3 is 0 Å². The van der Waals surface area contributed by atoms with Gasteiger partial charge in [-0.05, 0) is 49.6 Å². The van der Waals surface area contributed by atoms with Crippen molar-refractivity contribution in [3.63, 3.8) is 0 Å². The van der Waals surface area contributed by atoms with Crippen molar-refractivity contribution in [3.8, 4) is 0 Å². The van der Waals surface area contributed by atoms with E-state index in [4.69, 9.17) is 12.2 Å². The molecule has 1 N–H and O–H groups in total.